The van der Waals surface area contributed by atoms with E-state index in [2.05, 4.69) is 36.8 Å². The van der Waals surface area contributed by atoms with Crippen LogP contribution in [-0.2, 0) is 0 Å². The highest BCUT2D eigenvalue weighted by atomic mass is 15.6. The second-order valence-electron chi connectivity index (χ2n) is 2.64. The maximum atomic E-state index is 3.73. The number of hydrogen-bond donors (Lipinski definition) is 0. The van der Waals surface area contributed by atoms with Crippen LogP contribution in [0.4, 0.5) is 0 Å². The third kappa shape index (κ3) is 1.46. The molecule has 56 valence electrons. The van der Waals surface area contributed by atoms with E-state index in [1.807, 2.05) is 6.08 Å². The Balaban J connectivity index is 2.60. The smallest absolute Gasteiger partial charge is 0.0378 e. The van der Waals surface area contributed by atoms with Gasteiger partial charge in [0.15, 0.2) is 0 Å². The molecule has 0 aromatic heterocycles. The van der Waals surface area contributed by atoms with Crippen LogP contribution in [0.3, 0.4) is 0 Å². The first-order valence-corrected chi connectivity index (χ1v) is 3.47. The minimum atomic E-state index is 0.986. The van der Waals surface area contributed by atoms with Crippen molar-refractivity contribution in [1.29, 1.82) is 0 Å². The van der Waals surface area contributed by atoms with Gasteiger partial charge in [0, 0.05) is 27.2 Å². The summed E-state index contributed by atoms with van der Waals surface area (Å²) in [4.78, 5) is 0. The van der Waals surface area contributed by atoms with Gasteiger partial charge in [0.25, 0.3) is 0 Å². The number of hydrogen-bond acceptors (Lipinski definition) is 2. The van der Waals surface area contributed by atoms with Gasteiger partial charge in [-0.2, -0.15) is 0 Å². The molecule has 0 aromatic carbocycles. The lowest BCUT2D eigenvalue weighted by atomic mass is 10.2. The lowest BCUT2D eigenvalue weighted by molar-refractivity contribution is 0.0419. The first-order valence-electron chi connectivity index (χ1n) is 3.47. The van der Waals surface area contributed by atoms with Gasteiger partial charge >= 0.3 is 0 Å². The Hall–Kier alpha value is -0.600. The molecule has 0 aliphatic carbocycles. The predicted molar refractivity (Wildman–Crippen MR) is 43.5 cm³/mol. The minimum Gasteiger partial charge on any atom is -0.241 e. The zero-order valence-electron chi connectivity index (χ0n) is 6.67. The molecule has 1 aliphatic heterocycles. The zero-order chi connectivity index (χ0) is 7.56. The van der Waals surface area contributed by atoms with Crippen molar-refractivity contribution < 1.29 is 0 Å². The molecule has 0 saturated heterocycles. The van der Waals surface area contributed by atoms with Crippen molar-refractivity contribution in [2.75, 3.05) is 27.2 Å². The van der Waals surface area contributed by atoms with Crippen LogP contribution in [0.1, 0.15) is 0 Å². The van der Waals surface area contributed by atoms with E-state index in [0.717, 1.165) is 13.1 Å². The van der Waals surface area contributed by atoms with Gasteiger partial charge in [-0.25, -0.2) is 10.0 Å². The standard InChI is InChI=1S/C8H14N2/c1-4-8-5-6-9(2)10(3)7-8/h4-5H,1,6-7H2,2-3H3. The molecule has 2 heteroatoms. The summed E-state index contributed by atoms with van der Waals surface area (Å²) in [6.45, 7) is 5.71. The van der Waals surface area contributed by atoms with E-state index in [1.165, 1.54) is 5.57 Å². The van der Waals surface area contributed by atoms with Crippen LogP contribution in [0.25, 0.3) is 0 Å². The van der Waals surface area contributed by atoms with Gasteiger partial charge in [0.1, 0.15) is 0 Å². The summed E-state index contributed by atoms with van der Waals surface area (Å²) in [5, 5.41) is 4.35. The molecule has 0 amide bonds. The van der Waals surface area contributed by atoms with Crippen LogP contribution in [0.2, 0.25) is 0 Å². The number of rotatable bonds is 1. The Morgan fingerprint density at radius 3 is 2.70 bits per heavy atom. The molecule has 0 fully saturated rings. The summed E-state index contributed by atoms with van der Waals surface area (Å²) in [5.74, 6) is 0. The van der Waals surface area contributed by atoms with Crippen molar-refractivity contribution >= 4 is 0 Å². The van der Waals surface area contributed by atoms with E-state index in [0.29, 0.717) is 0 Å². The molecule has 2 nitrogen and oxygen atoms in total. The van der Waals surface area contributed by atoms with Crippen molar-refractivity contribution in [2.45, 2.75) is 0 Å². The lowest BCUT2D eigenvalue weighted by Gasteiger charge is -2.31. The molecule has 10 heavy (non-hydrogen) atoms. The predicted octanol–water partition coefficient (Wildman–Crippen LogP) is 0.891. The summed E-state index contributed by atoms with van der Waals surface area (Å²) in [7, 11) is 4.16. The molecule has 0 unspecified atom stereocenters. The third-order valence-corrected chi connectivity index (χ3v) is 1.87. The van der Waals surface area contributed by atoms with Crippen molar-refractivity contribution in [1.82, 2.24) is 10.0 Å². The second-order valence-corrected chi connectivity index (χ2v) is 2.64. The van der Waals surface area contributed by atoms with Crippen molar-refractivity contribution in [3.8, 4) is 0 Å². The molecule has 1 rings (SSSR count). The third-order valence-electron chi connectivity index (χ3n) is 1.87. The molecule has 1 heterocycles. The van der Waals surface area contributed by atoms with E-state index in [1.54, 1.807) is 0 Å². The highest BCUT2D eigenvalue weighted by Gasteiger charge is 2.10. The fourth-order valence-corrected chi connectivity index (χ4v) is 0.986. The van der Waals surface area contributed by atoms with Gasteiger partial charge in [0.2, 0.25) is 0 Å². The Morgan fingerprint density at radius 2 is 2.20 bits per heavy atom. The monoisotopic (exact) mass is 138 g/mol. The maximum absolute atomic E-state index is 3.73. The van der Waals surface area contributed by atoms with E-state index in [-0.39, 0.29) is 0 Å². The van der Waals surface area contributed by atoms with Crippen LogP contribution in [0, 0.1) is 0 Å². The van der Waals surface area contributed by atoms with E-state index in [9.17, 15) is 0 Å². The van der Waals surface area contributed by atoms with Gasteiger partial charge < -0.3 is 0 Å². The van der Waals surface area contributed by atoms with E-state index < -0.39 is 0 Å². The van der Waals surface area contributed by atoms with E-state index in [4.69, 9.17) is 0 Å². The molecule has 0 aromatic rings. The van der Waals surface area contributed by atoms with Crippen molar-refractivity contribution in [3.05, 3.63) is 24.3 Å². The summed E-state index contributed by atoms with van der Waals surface area (Å²) in [5.41, 5.74) is 1.32. The molecule has 1 aliphatic rings. The fourth-order valence-electron chi connectivity index (χ4n) is 0.986. The van der Waals surface area contributed by atoms with Crippen LogP contribution in [0.15, 0.2) is 24.3 Å². The highest BCUT2D eigenvalue weighted by Crippen LogP contribution is 2.06. The maximum Gasteiger partial charge on any atom is 0.0378 e. The Bertz CT molecular complexity index is 161. The molecular weight excluding hydrogens is 124 g/mol. The SMILES string of the molecule is C=CC1=CCN(C)N(C)C1. The quantitative estimate of drug-likeness (QED) is 0.531. The normalized spacial score (nSPS) is 22.4. The summed E-state index contributed by atoms with van der Waals surface area (Å²) in [6, 6.07) is 0. The first kappa shape index (κ1) is 7.51. The van der Waals surface area contributed by atoms with Crippen molar-refractivity contribution in [2.24, 2.45) is 0 Å². The number of nitrogens with zero attached hydrogens (tertiary/aromatic N) is 2. The average molecular weight is 138 g/mol. The average Bonchev–Trinajstić information content (AvgIpc) is 1.95. The van der Waals surface area contributed by atoms with Crippen LogP contribution < -0.4 is 0 Å². The Labute approximate surface area is 62.4 Å². The van der Waals surface area contributed by atoms with Gasteiger partial charge in [-0.3, -0.25) is 0 Å². The summed E-state index contributed by atoms with van der Waals surface area (Å²) >= 11 is 0. The lowest BCUT2D eigenvalue weighted by Crippen LogP contribution is -2.40. The molecule has 0 saturated carbocycles. The second kappa shape index (κ2) is 2.99. The topological polar surface area (TPSA) is 6.48 Å². The minimum absolute atomic E-state index is 0.986. The molecule has 0 radical (unpaired) electrons. The van der Waals surface area contributed by atoms with Gasteiger partial charge in [0.05, 0.1) is 0 Å². The Kier molecular flexibility index (Phi) is 2.25. The summed E-state index contributed by atoms with van der Waals surface area (Å²) < 4.78 is 0. The fraction of sp³-hybridized carbons (Fsp3) is 0.500. The van der Waals surface area contributed by atoms with Crippen LogP contribution in [-0.4, -0.2) is 37.2 Å². The molecule has 0 bridgehead atoms. The molecule has 0 atom stereocenters. The number of hydrazine groups is 1. The Morgan fingerprint density at radius 1 is 1.50 bits per heavy atom. The largest absolute Gasteiger partial charge is 0.241 e. The molecule has 0 spiro atoms. The van der Waals surface area contributed by atoms with Gasteiger partial charge in [-0.15, -0.1) is 0 Å². The van der Waals surface area contributed by atoms with Gasteiger partial charge in [-0.05, 0) is 5.57 Å². The molecule has 0 N–H and O–H groups in total. The van der Waals surface area contributed by atoms with E-state index >= 15 is 0 Å². The molecular formula is C8H14N2. The summed E-state index contributed by atoms with van der Waals surface area (Å²) in [6.07, 6.45) is 4.12. The van der Waals surface area contributed by atoms with Crippen LogP contribution >= 0.6 is 0 Å². The van der Waals surface area contributed by atoms with Gasteiger partial charge in [-0.1, -0.05) is 18.7 Å². The first-order chi connectivity index (χ1) is 4.74. The number of likely N-dealkylation sites (N-methyl/N-ethyl adjacent to an activating group) is 2. The highest BCUT2D eigenvalue weighted by molar-refractivity contribution is 5.19. The van der Waals surface area contributed by atoms with Crippen molar-refractivity contribution in [3.63, 3.8) is 0 Å². The van der Waals surface area contributed by atoms with Crippen LogP contribution in [0.5, 0.6) is 0 Å². The zero-order valence-corrected chi connectivity index (χ0v) is 6.67.